The molecule has 2 heterocycles. The first kappa shape index (κ1) is 14.7. The number of amides is 4. The molecule has 6 nitrogen and oxygen atoms in total. The maximum atomic E-state index is 12.9. The minimum absolute atomic E-state index is 0.0757. The molecule has 0 spiro atoms. The third-order valence-electron chi connectivity index (χ3n) is 3.27. The molecule has 0 atom stereocenters. The Morgan fingerprint density at radius 3 is 2.52 bits per heavy atom. The van der Waals surface area contributed by atoms with Crippen molar-refractivity contribution in [2.24, 2.45) is 0 Å². The van der Waals surface area contributed by atoms with E-state index in [2.05, 4.69) is 5.32 Å². The maximum absolute atomic E-state index is 12.9. The number of carbonyl (C=O) groups is 3. The summed E-state index contributed by atoms with van der Waals surface area (Å²) >= 11 is 0. The van der Waals surface area contributed by atoms with Crippen LogP contribution in [0.1, 0.15) is 11.3 Å². The number of carbonyl (C=O) groups excluding carboxylic acids is 3. The number of halogens is 1. The molecular formula is C16H11FN2O4. The van der Waals surface area contributed by atoms with Crippen LogP contribution < -0.4 is 5.32 Å². The van der Waals surface area contributed by atoms with Gasteiger partial charge in [-0.15, -0.1) is 0 Å². The van der Waals surface area contributed by atoms with Crippen LogP contribution in [0.15, 0.2) is 52.7 Å². The Balaban J connectivity index is 1.88. The van der Waals surface area contributed by atoms with E-state index in [9.17, 15) is 18.8 Å². The highest BCUT2D eigenvalue weighted by molar-refractivity contribution is 6.30. The number of benzene rings is 1. The van der Waals surface area contributed by atoms with Gasteiger partial charge in [-0.1, -0.05) is 12.1 Å². The standard InChI is InChI=1S/C16H11FN2O4/c17-11-5-3-10(4-6-11)9-19-15(21)13(14(20)18-16(19)22)8-12-2-1-7-23-12/h1-8H,9H2,(H,18,20,22)/b13-8-. The summed E-state index contributed by atoms with van der Waals surface area (Å²) in [6.45, 7) is -0.0757. The summed E-state index contributed by atoms with van der Waals surface area (Å²) < 4.78 is 18.0. The van der Waals surface area contributed by atoms with E-state index in [0.717, 1.165) is 4.90 Å². The number of rotatable bonds is 3. The van der Waals surface area contributed by atoms with Gasteiger partial charge in [-0.25, -0.2) is 9.18 Å². The van der Waals surface area contributed by atoms with Gasteiger partial charge in [0, 0.05) is 0 Å². The Hall–Kier alpha value is -3.22. The molecule has 0 radical (unpaired) electrons. The molecule has 1 fully saturated rings. The first-order valence-electron chi connectivity index (χ1n) is 6.71. The molecule has 1 aliphatic rings. The highest BCUT2D eigenvalue weighted by atomic mass is 19.1. The van der Waals surface area contributed by atoms with E-state index in [4.69, 9.17) is 4.42 Å². The van der Waals surface area contributed by atoms with E-state index in [1.54, 1.807) is 12.1 Å². The molecule has 0 unspecified atom stereocenters. The average molecular weight is 314 g/mol. The molecule has 1 saturated heterocycles. The quantitative estimate of drug-likeness (QED) is 0.695. The van der Waals surface area contributed by atoms with Crippen LogP contribution in [0.4, 0.5) is 9.18 Å². The molecule has 1 N–H and O–H groups in total. The van der Waals surface area contributed by atoms with Crippen LogP contribution in [-0.2, 0) is 16.1 Å². The van der Waals surface area contributed by atoms with Gasteiger partial charge in [0.15, 0.2) is 0 Å². The average Bonchev–Trinajstić information content (AvgIpc) is 3.03. The minimum Gasteiger partial charge on any atom is -0.465 e. The number of barbiturate groups is 1. The minimum atomic E-state index is -0.819. The van der Waals surface area contributed by atoms with Crippen molar-refractivity contribution in [3.63, 3.8) is 0 Å². The molecule has 23 heavy (non-hydrogen) atoms. The third-order valence-corrected chi connectivity index (χ3v) is 3.27. The molecular weight excluding hydrogens is 303 g/mol. The van der Waals surface area contributed by atoms with E-state index in [1.807, 2.05) is 0 Å². The van der Waals surface area contributed by atoms with Gasteiger partial charge >= 0.3 is 6.03 Å². The van der Waals surface area contributed by atoms with Crippen molar-refractivity contribution in [2.45, 2.75) is 6.54 Å². The lowest BCUT2D eigenvalue weighted by molar-refractivity contribution is -0.130. The van der Waals surface area contributed by atoms with Gasteiger partial charge in [-0.3, -0.25) is 19.8 Å². The molecule has 1 aromatic heterocycles. The summed E-state index contributed by atoms with van der Waals surface area (Å²) in [7, 11) is 0. The van der Waals surface area contributed by atoms with Crippen LogP contribution >= 0.6 is 0 Å². The van der Waals surface area contributed by atoms with Crippen molar-refractivity contribution in [2.75, 3.05) is 0 Å². The van der Waals surface area contributed by atoms with Crippen molar-refractivity contribution in [3.8, 4) is 0 Å². The Morgan fingerprint density at radius 1 is 1.13 bits per heavy atom. The molecule has 0 saturated carbocycles. The number of urea groups is 1. The Bertz CT molecular complexity index is 794. The second-order valence-corrected chi connectivity index (χ2v) is 4.85. The summed E-state index contributed by atoms with van der Waals surface area (Å²) in [6.07, 6.45) is 2.67. The van der Waals surface area contributed by atoms with E-state index in [0.29, 0.717) is 11.3 Å². The van der Waals surface area contributed by atoms with E-state index >= 15 is 0 Å². The van der Waals surface area contributed by atoms with Gasteiger partial charge in [-0.2, -0.15) is 0 Å². The number of nitrogens with zero attached hydrogens (tertiary/aromatic N) is 1. The molecule has 3 rings (SSSR count). The largest absolute Gasteiger partial charge is 0.465 e. The predicted octanol–water partition coefficient (Wildman–Crippen LogP) is 2.08. The van der Waals surface area contributed by atoms with Crippen molar-refractivity contribution in [1.82, 2.24) is 10.2 Å². The summed E-state index contributed by atoms with van der Waals surface area (Å²) in [5.41, 5.74) is 0.350. The molecule has 2 aromatic rings. The lowest BCUT2D eigenvalue weighted by Crippen LogP contribution is -2.53. The Labute approximate surface area is 130 Å². The lowest BCUT2D eigenvalue weighted by Gasteiger charge is -2.26. The van der Waals surface area contributed by atoms with E-state index in [1.165, 1.54) is 36.6 Å². The summed E-state index contributed by atoms with van der Waals surface area (Å²) in [4.78, 5) is 37.0. The summed E-state index contributed by atoms with van der Waals surface area (Å²) in [5.74, 6) is -1.62. The zero-order chi connectivity index (χ0) is 16.4. The monoisotopic (exact) mass is 314 g/mol. The Morgan fingerprint density at radius 2 is 1.87 bits per heavy atom. The van der Waals surface area contributed by atoms with Crippen LogP contribution in [0.5, 0.6) is 0 Å². The normalized spacial score (nSPS) is 16.8. The molecule has 1 aromatic carbocycles. The van der Waals surface area contributed by atoms with Crippen LogP contribution in [0.2, 0.25) is 0 Å². The fourth-order valence-corrected chi connectivity index (χ4v) is 2.13. The second-order valence-electron chi connectivity index (χ2n) is 4.85. The number of imide groups is 2. The maximum Gasteiger partial charge on any atom is 0.331 e. The van der Waals surface area contributed by atoms with Crippen LogP contribution in [0.25, 0.3) is 6.08 Å². The van der Waals surface area contributed by atoms with Crippen LogP contribution in [-0.4, -0.2) is 22.7 Å². The first-order chi connectivity index (χ1) is 11.0. The van der Waals surface area contributed by atoms with Crippen LogP contribution in [0.3, 0.4) is 0 Å². The fraction of sp³-hybridized carbons (Fsp3) is 0.0625. The second kappa shape index (κ2) is 5.88. The number of furan rings is 1. The molecule has 116 valence electrons. The number of nitrogens with one attached hydrogen (secondary N) is 1. The summed E-state index contributed by atoms with van der Waals surface area (Å²) in [6, 6.07) is 7.75. The molecule has 4 amide bonds. The fourth-order valence-electron chi connectivity index (χ4n) is 2.13. The van der Waals surface area contributed by atoms with Gasteiger partial charge in [0.1, 0.15) is 17.2 Å². The summed E-state index contributed by atoms with van der Waals surface area (Å²) in [5, 5.41) is 2.10. The molecule has 7 heteroatoms. The molecule has 0 bridgehead atoms. The zero-order valence-electron chi connectivity index (χ0n) is 11.8. The van der Waals surface area contributed by atoms with Crippen molar-refractivity contribution in [3.05, 3.63) is 65.4 Å². The van der Waals surface area contributed by atoms with Crippen LogP contribution in [0, 0.1) is 5.82 Å². The number of hydrogen-bond donors (Lipinski definition) is 1. The highest BCUT2D eigenvalue weighted by Crippen LogP contribution is 2.17. The van der Waals surface area contributed by atoms with E-state index < -0.39 is 23.7 Å². The van der Waals surface area contributed by atoms with E-state index in [-0.39, 0.29) is 12.1 Å². The lowest BCUT2D eigenvalue weighted by atomic mass is 10.1. The van der Waals surface area contributed by atoms with Gasteiger partial charge in [0.05, 0.1) is 12.8 Å². The van der Waals surface area contributed by atoms with Gasteiger partial charge in [0.2, 0.25) is 0 Å². The number of hydrogen-bond acceptors (Lipinski definition) is 4. The topological polar surface area (TPSA) is 79.6 Å². The predicted molar refractivity (Wildman–Crippen MR) is 77.2 cm³/mol. The molecule has 1 aliphatic heterocycles. The Kier molecular flexibility index (Phi) is 3.76. The van der Waals surface area contributed by atoms with Crippen molar-refractivity contribution < 1.29 is 23.2 Å². The third kappa shape index (κ3) is 3.03. The van der Waals surface area contributed by atoms with Gasteiger partial charge < -0.3 is 4.42 Å². The SMILES string of the molecule is O=C1NC(=O)N(Cc2ccc(F)cc2)C(=O)/C1=C\c1ccco1. The van der Waals surface area contributed by atoms with Crippen molar-refractivity contribution >= 4 is 23.9 Å². The highest BCUT2D eigenvalue weighted by Gasteiger charge is 2.35. The van der Waals surface area contributed by atoms with Gasteiger partial charge in [0.25, 0.3) is 11.8 Å². The zero-order valence-corrected chi connectivity index (χ0v) is 11.8. The first-order valence-corrected chi connectivity index (χ1v) is 6.71. The smallest absolute Gasteiger partial charge is 0.331 e. The molecule has 0 aliphatic carbocycles. The van der Waals surface area contributed by atoms with Crippen molar-refractivity contribution in [1.29, 1.82) is 0 Å². The van der Waals surface area contributed by atoms with Gasteiger partial charge in [-0.05, 0) is 35.9 Å².